The molecule has 0 unspecified atom stereocenters. The van der Waals surface area contributed by atoms with Gasteiger partial charge in [-0.15, -0.1) is 0 Å². The number of ether oxygens (including phenoxy) is 2. The quantitative estimate of drug-likeness (QED) is 0.795. The second-order valence-electron chi connectivity index (χ2n) is 6.38. The molecular formula is C18H25N3O5. The van der Waals surface area contributed by atoms with Crippen molar-refractivity contribution in [2.24, 2.45) is 0 Å². The van der Waals surface area contributed by atoms with Gasteiger partial charge in [0.1, 0.15) is 11.5 Å². The molecule has 0 bridgehead atoms. The van der Waals surface area contributed by atoms with Crippen molar-refractivity contribution in [3.05, 3.63) is 23.8 Å². The van der Waals surface area contributed by atoms with Crippen LogP contribution in [0.1, 0.15) is 18.4 Å². The van der Waals surface area contributed by atoms with Gasteiger partial charge in [-0.25, -0.2) is 5.06 Å². The van der Waals surface area contributed by atoms with E-state index in [1.54, 1.807) is 20.3 Å². The fourth-order valence-electron chi connectivity index (χ4n) is 3.28. The SMILES string of the molecule is COc1cc(CN2CCNC(=O)[C@@H]2CC(=O)N2CCCO2)cc(OC)c1. The molecule has 1 atom stereocenters. The molecule has 2 aliphatic heterocycles. The number of hydrogen-bond acceptors (Lipinski definition) is 6. The Bertz CT molecular complexity index is 638. The van der Waals surface area contributed by atoms with E-state index in [-0.39, 0.29) is 18.2 Å². The van der Waals surface area contributed by atoms with Gasteiger partial charge in [-0.3, -0.25) is 19.3 Å². The number of rotatable bonds is 6. The topological polar surface area (TPSA) is 80.3 Å². The summed E-state index contributed by atoms with van der Waals surface area (Å²) in [6, 6.07) is 5.12. The highest BCUT2D eigenvalue weighted by atomic mass is 16.7. The second-order valence-corrected chi connectivity index (χ2v) is 6.38. The fraction of sp³-hybridized carbons (Fsp3) is 0.556. The Morgan fingerprint density at radius 2 is 1.96 bits per heavy atom. The molecule has 2 amide bonds. The lowest BCUT2D eigenvalue weighted by Crippen LogP contribution is -2.56. The smallest absolute Gasteiger partial charge is 0.248 e. The van der Waals surface area contributed by atoms with Crippen molar-refractivity contribution in [2.75, 3.05) is 40.5 Å². The summed E-state index contributed by atoms with van der Waals surface area (Å²) in [7, 11) is 3.20. The number of nitrogens with zero attached hydrogens (tertiary/aromatic N) is 2. The van der Waals surface area contributed by atoms with Crippen LogP contribution in [0, 0.1) is 0 Å². The minimum Gasteiger partial charge on any atom is -0.497 e. The summed E-state index contributed by atoms with van der Waals surface area (Å²) in [5.41, 5.74) is 0.964. The Kier molecular flexibility index (Phi) is 5.95. The molecule has 26 heavy (non-hydrogen) atoms. The first-order chi connectivity index (χ1) is 12.6. The van der Waals surface area contributed by atoms with E-state index in [0.29, 0.717) is 44.3 Å². The Morgan fingerprint density at radius 1 is 1.23 bits per heavy atom. The maximum atomic E-state index is 12.4. The van der Waals surface area contributed by atoms with Crippen molar-refractivity contribution in [2.45, 2.75) is 25.4 Å². The summed E-state index contributed by atoms with van der Waals surface area (Å²) < 4.78 is 10.6. The highest BCUT2D eigenvalue weighted by Crippen LogP contribution is 2.25. The molecule has 2 fully saturated rings. The van der Waals surface area contributed by atoms with Crippen molar-refractivity contribution >= 4 is 11.8 Å². The van der Waals surface area contributed by atoms with Crippen LogP contribution in [0.15, 0.2) is 18.2 Å². The van der Waals surface area contributed by atoms with Crippen LogP contribution < -0.4 is 14.8 Å². The summed E-state index contributed by atoms with van der Waals surface area (Å²) in [5.74, 6) is 1.11. The van der Waals surface area contributed by atoms with Crippen LogP contribution in [0.2, 0.25) is 0 Å². The summed E-state index contributed by atoms with van der Waals surface area (Å²) in [6.07, 6.45) is 0.933. The standard InChI is InChI=1S/C18H25N3O5/c1-24-14-8-13(9-15(10-14)25-2)12-20-6-4-19-18(23)16(20)11-17(22)21-5-3-7-26-21/h8-10,16H,3-7,11-12H2,1-2H3,(H,19,23)/t16-/m0/s1. The average Bonchev–Trinajstić information content (AvgIpc) is 3.19. The average molecular weight is 363 g/mol. The Hall–Kier alpha value is -2.32. The molecule has 8 heteroatoms. The van der Waals surface area contributed by atoms with E-state index in [2.05, 4.69) is 5.32 Å². The third-order valence-corrected chi connectivity index (χ3v) is 4.64. The van der Waals surface area contributed by atoms with Gasteiger partial charge in [0.15, 0.2) is 0 Å². The monoisotopic (exact) mass is 363 g/mol. The maximum absolute atomic E-state index is 12.4. The van der Waals surface area contributed by atoms with Crippen LogP contribution in [0.3, 0.4) is 0 Å². The van der Waals surface area contributed by atoms with Crippen LogP contribution in [-0.2, 0) is 21.0 Å². The van der Waals surface area contributed by atoms with Crippen molar-refractivity contribution in [3.8, 4) is 11.5 Å². The third kappa shape index (κ3) is 4.25. The Balaban J connectivity index is 1.73. The first-order valence-corrected chi connectivity index (χ1v) is 8.77. The number of methoxy groups -OCH3 is 2. The lowest BCUT2D eigenvalue weighted by Gasteiger charge is -2.35. The van der Waals surface area contributed by atoms with E-state index in [9.17, 15) is 9.59 Å². The van der Waals surface area contributed by atoms with Crippen LogP contribution in [-0.4, -0.2) is 68.3 Å². The molecule has 3 rings (SSSR count). The summed E-state index contributed by atoms with van der Waals surface area (Å²) in [5, 5.41) is 4.22. The molecule has 8 nitrogen and oxygen atoms in total. The van der Waals surface area contributed by atoms with Gasteiger partial charge in [-0.05, 0) is 24.1 Å². The Morgan fingerprint density at radius 3 is 2.58 bits per heavy atom. The predicted molar refractivity (Wildman–Crippen MR) is 93.7 cm³/mol. The third-order valence-electron chi connectivity index (χ3n) is 4.64. The van der Waals surface area contributed by atoms with Crippen LogP contribution in [0.5, 0.6) is 11.5 Å². The lowest BCUT2D eigenvalue weighted by atomic mass is 10.1. The van der Waals surface area contributed by atoms with E-state index in [1.807, 2.05) is 17.0 Å². The fourth-order valence-corrected chi connectivity index (χ4v) is 3.28. The van der Waals surface area contributed by atoms with Crippen molar-refractivity contribution < 1.29 is 23.9 Å². The molecular weight excluding hydrogens is 338 g/mol. The number of nitrogens with one attached hydrogen (secondary N) is 1. The first-order valence-electron chi connectivity index (χ1n) is 8.77. The van der Waals surface area contributed by atoms with Gasteiger partial charge in [0.05, 0.1) is 39.8 Å². The lowest BCUT2D eigenvalue weighted by molar-refractivity contribution is -0.171. The number of hydrogen-bond donors (Lipinski definition) is 1. The van der Waals surface area contributed by atoms with Gasteiger partial charge in [0.2, 0.25) is 11.8 Å². The number of carbonyl (C=O) groups excluding carboxylic acids is 2. The summed E-state index contributed by atoms with van der Waals surface area (Å²) in [4.78, 5) is 32.1. The van der Waals surface area contributed by atoms with Crippen molar-refractivity contribution in [1.29, 1.82) is 0 Å². The van der Waals surface area contributed by atoms with Gasteiger partial charge < -0.3 is 14.8 Å². The normalized spacial score (nSPS) is 20.8. The minimum absolute atomic E-state index is 0.104. The minimum atomic E-state index is -0.516. The molecule has 2 saturated heterocycles. The molecule has 2 aliphatic rings. The van der Waals surface area contributed by atoms with Crippen LogP contribution in [0.25, 0.3) is 0 Å². The zero-order valence-corrected chi connectivity index (χ0v) is 15.2. The van der Waals surface area contributed by atoms with Crippen LogP contribution in [0.4, 0.5) is 0 Å². The van der Waals surface area contributed by atoms with E-state index < -0.39 is 6.04 Å². The van der Waals surface area contributed by atoms with E-state index in [1.165, 1.54) is 5.06 Å². The molecule has 142 valence electrons. The Labute approximate surface area is 152 Å². The van der Waals surface area contributed by atoms with Gasteiger partial charge in [0.25, 0.3) is 0 Å². The number of carbonyl (C=O) groups is 2. The zero-order chi connectivity index (χ0) is 18.5. The number of hydroxylamine groups is 2. The van der Waals surface area contributed by atoms with Crippen LogP contribution >= 0.6 is 0 Å². The highest BCUT2D eigenvalue weighted by Gasteiger charge is 2.34. The number of amides is 2. The summed E-state index contributed by atoms with van der Waals surface area (Å²) in [6.45, 7) is 2.89. The first kappa shape index (κ1) is 18.5. The molecule has 0 saturated carbocycles. The molecule has 0 spiro atoms. The molecule has 0 radical (unpaired) electrons. The molecule has 1 aromatic carbocycles. The van der Waals surface area contributed by atoms with Crippen molar-refractivity contribution in [1.82, 2.24) is 15.3 Å². The van der Waals surface area contributed by atoms with E-state index in [4.69, 9.17) is 14.3 Å². The molecule has 1 aromatic rings. The van der Waals surface area contributed by atoms with E-state index in [0.717, 1.165) is 12.0 Å². The molecule has 0 aromatic heterocycles. The van der Waals surface area contributed by atoms with Gasteiger partial charge >= 0.3 is 0 Å². The molecule has 1 N–H and O–H groups in total. The van der Waals surface area contributed by atoms with Gasteiger partial charge in [0, 0.05) is 25.7 Å². The number of piperazine rings is 1. The van der Waals surface area contributed by atoms with E-state index >= 15 is 0 Å². The largest absolute Gasteiger partial charge is 0.497 e. The molecule has 2 heterocycles. The number of benzene rings is 1. The van der Waals surface area contributed by atoms with Crippen molar-refractivity contribution in [3.63, 3.8) is 0 Å². The highest BCUT2D eigenvalue weighted by molar-refractivity contribution is 5.88. The maximum Gasteiger partial charge on any atom is 0.248 e. The van der Waals surface area contributed by atoms with Gasteiger partial charge in [-0.1, -0.05) is 0 Å². The van der Waals surface area contributed by atoms with Gasteiger partial charge in [-0.2, -0.15) is 0 Å². The predicted octanol–water partition coefficient (Wildman–Crippen LogP) is 0.558. The summed E-state index contributed by atoms with van der Waals surface area (Å²) >= 11 is 0. The molecule has 0 aliphatic carbocycles. The zero-order valence-electron chi connectivity index (χ0n) is 15.2. The second kappa shape index (κ2) is 8.37.